The largest absolute Gasteiger partial charge is 0.496 e. The van der Waals surface area contributed by atoms with Gasteiger partial charge in [-0.3, -0.25) is 4.90 Å². The highest BCUT2D eigenvalue weighted by Crippen LogP contribution is 2.46. The van der Waals surface area contributed by atoms with Gasteiger partial charge in [0.1, 0.15) is 12.4 Å². The Balaban J connectivity index is 1.77. The first-order valence-electron chi connectivity index (χ1n) is 9.80. The summed E-state index contributed by atoms with van der Waals surface area (Å²) in [6.07, 6.45) is 0.328. The number of ether oxygens (including phenoxy) is 2. The maximum atomic E-state index is 14.5. The third-order valence-corrected chi connectivity index (χ3v) is 6.08. The van der Waals surface area contributed by atoms with Crippen LogP contribution in [0.15, 0.2) is 65.1 Å². The third-order valence-electron chi connectivity index (χ3n) is 5.35. The molecule has 0 bridgehead atoms. The van der Waals surface area contributed by atoms with Crippen LogP contribution in [0.3, 0.4) is 0 Å². The average molecular weight is 488 g/mol. The van der Waals surface area contributed by atoms with E-state index in [1.54, 1.807) is 13.2 Å². The Morgan fingerprint density at radius 3 is 2.58 bits per heavy atom. The normalized spacial score (nSPS) is 15.4. The van der Waals surface area contributed by atoms with Gasteiger partial charge in [0.25, 0.3) is 0 Å². The molecule has 0 aromatic heterocycles. The quantitative estimate of drug-likeness (QED) is 0.390. The molecule has 4 nitrogen and oxygen atoms in total. The van der Waals surface area contributed by atoms with Crippen molar-refractivity contribution in [1.82, 2.24) is 0 Å². The molecule has 0 saturated heterocycles. The minimum Gasteiger partial charge on any atom is -0.496 e. The zero-order chi connectivity index (χ0) is 22.0. The maximum Gasteiger partial charge on any atom is 0.415 e. The van der Waals surface area contributed by atoms with Gasteiger partial charge in [0.2, 0.25) is 0 Å². The fraction of sp³-hybridized carbons (Fsp3) is 0.208. The van der Waals surface area contributed by atoms with Crippen molar-refractivity contribution >= 4 is 27.7 Å². The highest BCUT2D eigenvalue weighted by molar-refractivity contribution is 9.10. The van der Waals surface area contributed by atoms with E-state index in [0.29, 0.717) is 24.2 Å². The topological polar surface area (TPSA) is 38.8 Å². The number of carbonyl (C=O) groups excluding carboxylic acids is 1. The lowest BCUT2D eigenvalue weighted by molar-refractivity contribution is 0.143. The molecule has 0 radical (unpaired) electrons. The number of amides is 1. The highest BCUT2D eigenvalue weighted by Gasteiger charge is 2.37. The number of benzene rings is 3. The van der Waals surface area contributed by atoms with Crippen LogP contribution in [0, 0.1) is 11.6 Å². The molecular weight excluding hydrogens is 468 g/mol. The van der Waals surface area contributed by atoms with Crippen LogP contribution in [-0.2, 0) is 17.8 Å². The van der Waals surface area contributed by atoms with Crippen LogP contribution in [0.4, 0.5) is 19.3 Å². The lowest BCUT2D eigenvalue weighted by Crippen LogP contribution is -2.39. The standard InChI is InChI=1S/C24H20BrF2NO3/c1-30-20-10-6-5-9-17(20)19-12-11-16-13-18(26)22(27)21(25)23(16)28(19)24(29)31-14-15-7-3-2-4-8-15/h2-10,13,19H,11-12,14H2,1H3. The fourth-order valence-electron chi connectivity index (χ4n) is 3.91. The van der Waals surface area contributed by atoms with Crippen molar-refractivity contribution in [2.75, 3.05) is 12.0 Å². The van der Waals surface area contributed by atoms with Crippen LogP contribution in [0.5, 0.6) is 5.75 Å². The molecule has 0 fully saturated rings. The van der Waals surface area contributed by atoms with E-state index in [0.717, 1.165) is 17.2 Å². The lowest BCUT2D eigenvalue weighted by Gasteiger charge is -2.38. The third kappa shape index (κ3) is 4.14. The average Bonchev–Trinajstić information content (AvgIpc) is 2.81. The number of hydrogen-bond donors (Lipinski definition) is 0. The SMILES string of the molecule is COc1ccccc1C1CCc2cc(F)c(F)c(Br)c2N1C(=O)OCc1ccccc1. The molecule has 1 aliphatic heterocycles. The summed E-state index contributed by atoms with van der Waals surface area (Å²) in [7, 11) is 1.55. The van der Waals surface area contributed by atoms with Crippen molar-refractivity contribution < 1.29 is 23.0 Å². The summed E-state index contributed by atoms with van der Waals surface area (Å²) >= 11 is 3.16. The second-order valence-corrected chi connectivity index (χ2v) is 7.99. The minimum absolute atomic E-state index is 0.0610. The smallest absolute Gasteiger partial charge is 0.415 e. The number of halogens is 3. The van der Waals surface area contributed by atoms with E-state index < -0.39 is 23.8 Å². The Bertz CT molecular complexity index is 1110. The number of methoxy groups -OCH3 is 1. The molecule has 0 N–H and O–H groups in total. The molecule has 3 aromatic rings. The van der Waals surface area contributed by atoms with Gasteiger partial charge in [0, 0.05) is 5.56 Å². The van der Waals surface area contributed by atoms with Crippen LogP contribution >= 0.6 is 15.9 Å². The van der Waals surface area contributed by atoms with Crippen LogP contribution in [0.2, 0.25) is 0 Å². The van der Waals surface area contributed by atoms with Gasteiger partial charge in [0.15, 0.2) is 11.6 Å². The Kier molecular flexibility index (Phi) is 6.23. The van der Waals surface area contributed by atoms with Crippen LogP contribution in [0.25, 0.3) is 0 Å². The predicted octanol–water partition coefficient (Wildman–Crippen LogP) is 6.57. The van der Waals surface area contributed by atoms with E-state index >= 15 is 0 Å². The van der Waals surface area contributed by atoms with E-state index in [-0.39, 0.29) is 16.8 Å². The summed E-state index contributed by atoms with van der Waals surface area (Å²) in [5, 5.41) is 0. The summed E-state index contributed by atoms with van der Waals surface area (Å²) in [6, 6.07) is 17.3. The Morgan fingerprint density at radius 2 is 1.84 bits per heavy atom. The van der Waals surface area contributed by atoms with Gasteiger partial charge < -0.3 is 9.47 Å². The van der Waals surface area contributed by atoms with Crippen molar-refractivity contribution in [3.63, 3.8) is 0 Å². The molecule has 4 rings (SSSR count). The van der Waals surface area contributed by atoms with Crippen molar-refractivity contribution in [3.8, 4) is 5.75 Å². The summed E-state index contributed by atoms with van der Waals surface area (Å²) < 4.78 is 39.5. The summed E-state index contributed by atoms with van der Waals surface area (Å²) in [5.74, 6) is -1.39. The number of para-hydroxylation sites is 1. The number of carbonyl (C=O) groups is 1. The summed E-state index contributed by atoms with van der Waals surface area (Å²) in [4.78, 5) is 14.7. The molecule has 31 heavy (non-hydrogen) atoms. The first kappa shape index (κ1) is 21.3. The molecule has 1 heterocycles. The van der Waals surface area contributed by atoms with E-state index in [4.69, 9.17) is 9.47 Å². The number of fused-ring (bicyclic) bond motifs is 1. The van der Waals surface area contributed by atoms with Gasteiger partial charge in [0.05, 0.1) is 23.3 Å². The molecule has 0 saturated carbocycles. The second-order valence-electron chi connectivity index (χ2n) is 7.20. The number of hydrogen-bond acceptors (Lipinski definition) is 3. The van der Waals surface area contributed by atoms with Crippen LogP contribution in [0.1, 0.15) is 29.2 Å². The number of aryl methyl sites for hydroxylation is 1. The number of nitrogens with zero attached hydrogens (tertiary/aromatic N) is 1. The first-order valence-corrected chi connectivity index (χ1v) is 10.6. The zero-order valence-corrected chi connectivity index (χ0v) is 18.4. The highest BCUT2D eigenvalue weighted by atomic mass is 79.9. The molecular formula is C24H20BrF2NO3. The molecule has 1 aliphatic rings. The van der Waals surface area contributed by atoms with Crippen molar-refractivity contribution in [1.29, 1.82) is 0 Å². The van der Waals surface area contributed by atoms with Crippen molar-refractivity contribution in [2.24, 2.45) is 0 Å². The summed E-state index contributed by atoms with van der Waals surface area (Å²) in [5.41, 5.74) is 2.41. The lowest BCUT2D eigenvalue weighted by atomic mass is 9.91. The molecule has 160 valence electrons. The van der Waals surface area contributed by atoms with Crippen LogP contribution in [-0.4, -0.2) is 13.2 Å². The van der Waals surface area contributed by atoms with Crippen molar-refractivity contribution in [2.45, 2.75) is 25.5 Å². The van der Waals surface area contributed by atoms with Gasteiger partial charge in [-0.15, -0.1) is 0 Å². The number of anilines is 1. The van der Waals surface area contributed by atoms with E-state index in [1.165, 1.54) is 4.90 Å². The molecule has 3 aromatic carbocycles. The molecule has 1 amide bonds. The monoisotopic (exact) mass is 487 g/mol. The van der Waals surface area contributed by atoms with Gasteiger partial charge in [-0.2, -0.15) is 0 Å². The Labute approximate surface area is 187 Å². The molecule has 0 spiro atoms. The molecule has 1 unspecified atom stereocenters. The van der Waals surface area contributed by atoms with Gasteiger partial charge in [-0.25, -0.2) is 13.6 Å². The zero-order valence-electron chi connectivity index (χ0n) is 16.8. The van der Waals surface area contributed by atoms with E-state index in [9.17, 15) is 13.6 Å². The van der Waals surface area contributed by atoms with Gasteiger partial charge >= 0.3 is 6.09 Å². The van der Waals surface area contributed by atoms with E-state index in [2.05, 4.69) is 15.9 Å². The predicted molar refractivity (Wildman–Crippen MR) is 117 cm³/mol. The number of rotatable bonds is 4. The molecule has 0 aliphatic carbocycles. The first-order chi connectivity index (χ1) is 15.0. The minimum atomic E-state index is -1.04. The van der Waals surface area contributed by atoms with Crippen molar-refractivity contribution in [3.05, 3.63) is 93.5 Å². The fourth-order valence-corrected chi connectivity index (χ4v) is 4.54. The summed E-state index contributed by atoms with van der Waals surface area (Å²) in [6.45, 7) is 0.0610. The van der Waals surface area contributed by atoms with Gasteiger partial charge in [-0.1, -0.05) is 48.5 Å². The Morgan fingerprint density at radius 1 is 1.13 bits per heavy atom. The van der Waals surface area contributed by atoms with E-state index in [1.807, 2.05) is 48.5 Å². The van der Waals surface area contributed by atoms with Crippen LogP contribution < -0.4 is 9.64 Å². The molecule has 7 heteroatoms. The molecule has 1 atom stereocenters. The Hall–Kier alpha value is -2.93. The van der Waals surface area contributed by atoms with Gasteiger partial charge in [-0.05, 0) is 52.0 Å². The maximum absolute atomic E-state index is 14.5. The second kappa shape index (κ2) is 9.06.